The summed E-state index contributed by atoms with van der Waals surface area (Å²) in [5.74, 6) is 2.86. The SMILES string of the molecule is CNNNN(CC1CCCC[C@@H]2C[C@@H]2C1)NNC. The lowest BCUT2D eigenvalue weighted by Gasteiger charge is -2.28. The molecule has 1 unspecified atom stereocenters. The van der Waals surface area contributed by atoms with E-state index in [0.29, 0.717) is 0 Å². The van der Waals surface area contributed by atoms with Gasteiger partial charge in [-0.15, -0.1) is 0 Å². The Morgan fingerprint density at radius 1 is 0.944 bits per heavy atom. The van der Waals surface area contributed by atoms with Gasteiger partial charge in [-0.25, -0.2) is 10.9 Å². The smallest absolute Gasteiger partial charge is 0.0344 e. The van der Waals surface area contributed by atoms with Crippen LogP contribution in [0.15, 0.2) is 0 Å². The highest BCUT2D eigenvalue weighted by Crippen LogP contribution is 2.48. The maximum atomic E-state index is 3.10. The van der Waals surface area contributed by atoms with Gasteiger partial charge in [0.2, 0.25) is 0 Å². The van der Waals surface area contributed by atoms with Crippen molar-refractivity contribution in [2.75, 3.05) is 20.6 Å². The van der Waals surface area contributed by atoms with Crippen LogP contribution < -0.4 is 27.5 Å². The number of rotatable bonds is 7. The molecular weight excluding hydrogens is 228 g/mol. The zero-order chi connectivity index (χ0) is 12.8. The van der Waals surface area contributed by atoms with Crippen LogP contribution in [0.1, 0.15) is 38.5 Å². The fourth-order valence-electron chi connectivity index (χ4n) is 3.14. The molecule has 0 radical (unpaired) electrons. The van der Waals surface area contributed by atoms with Crippen LogP contribution in [0.5, 0.6) is 0 Å². The summed E-state index contributed by atoms with van der Waals surface area (Å²) in [6.07, 6.45) is 8.54. The van der Waals surface area contributed by atoms with Crippen molar-refractivity contribution < 1.29 is 0 Å². The molecule has 2 aliphatic rings. The molecule has 2 rings (SSSR count). The number of hydrogen-bond acceptors (Lipinski definition) is 6. The Morgan fingerprint density at radius 3 is 2.56 bits per heavy atom. The van der Waals surface area contributed by atoms with Crippen LogP contribution in [0, 0.1) is 17.8 Å². The quantitative estimate of drug-likeness (QED) is 0.422. The molecule has 0 spiro atoms. The Kier molecular flexibility index (Phi) is 5.81. The molecule has 2 saturated carbocycles. The Balaban J connectivity index is 1.76. The minimum absolute atomic E-state index is 0.785. The van der Waals surface area contributed by atoms with E-state index in [2.05, 4.69) is 27.5 Å². The third-order valence-electron chi connectivity index (χ3n) is 4.15. The first kappa shape index (κ1) is 14.2. The van der Waals surface area contributed by atoms with Crippen molar-refractivity contribution in [1.82, 2.24) is 32.6 Å². The largest absolute Gasteiger partial charge is 0.246 e. The Hall–Kier alpha value is -0.240. The molecule has 0 aromatic rings. The lowest BCUT2D eigenvalue weighted by Crippen LogP contribution is -2.61. The maximum Gasteiger partial charge on any atom is 0.0344 e. The van der Waals surface area contributed by atoms with Gasteiger partial charge in [-0.05, 0) is 51.1 Å². The second-order valence-electron chi connectivity index (χ2n) is 5.60. The number of fused-ring (bicyclic) bond motifs is 1. The molecular formula is C12H28N6. The van der Waals surface area contributed by atoms with E-state index in [1.165, 1.54) is 38.5 Å². The molecule has 106 valence electrons. The van der Waals surface area contributed by atoms with Crippen LogP contribution in [-0.4, -0.2) is 25.8 Å². The molecule has 0 bridgehead atoms. The predicted molar refractivity (Wildman–Crippen MR) is 72.4 cm³/mol. The molecule has 0 aromatic carbocycles. The van der Waals surface area contributed by atoms with Crippen LogP contribution in [0.3, 0.4) is 0 Å². The van der Waals surface area contributed by atoms with Gasteiger partial charge in [0.25, 0.3) is 0 Å². The standard InChI is InChI=1S/C12H28N6/c1-13-15-17-18(16-14-2)9-10-5-3-4-6-11-8-12(11)7-10/h10-17H,3-9H2,1-2H3/t10?,11-,12+/m1/s1. The summed E-state index contributed by atoms with van der Waals surface area (Å²) in [6, 6.07) is 0. The second-order valence-corrected chi connectivity index (χ2v) is 5.60. The highest BCUT2D eigenvalue weighted by atomic mass is 15.9. The first-order chi connectivity index (χ1) is 8.83. The van der Waals surface area contributed by atoms with Crippen LogP contribution in [0.2, 0.25) is 0 Å². The molecule has 0 amide bonds. The molecule has 5 N–H and O–H groups in total. The normalized spacial score (nSPS) is 31.8. The Morgan fingerprint density at radius 2 is 1.78 bits per heavy atom. The molecule has 18 heavy (non-hydrogen) atoms. The van der Waals surface area contributed by atoms with E-state index in [0.717, 1.165) is 24.3 Å². The lowest BCUT2D eigenvalue weighted by molar-refractivity contribution is 0.0349. The minimum Gasteiger partial charge on any atom is -0.246 e. The molecule has 3 atom stereocenters. The van der Waals surface area contributed by atoms with Gasteiger partial charge in [0.05, 0.1) is 0 Å². The van der Waals surface area contributed by atoms with Crippen LogP contribution in [0.4, 0.5) is 0 Å². The summed E-state index contributed by atoms with van der Waals surface area (Å²) >= 11 is 0. The highest BCUT2D eigenvalue weighted by Gasteiger charge is 2.38. The van der Waals surface area contributed by atoms with Crippen molar-refractivity contribution in [3.05, 3.63) is 0 Å². The van der Waals surface area contributed by atoms with Gasteiger partial charge in [0.15, 0.2) is 0 Å². The van der Waals surface area contributed by atoms with E-state index in [1.807, 2.05) is 19.2 Å². The van der Waals surface area contributed by atoms with Crippen molar-refractivity contribution in [1.29, 1.82) is 0 Å². The van der Waals surface area contributed by atoms with Gasteiger partial charge in [0, 0.05) is 6.54 Å². The summed E-state index contributed by atoms with van der Waals surface area (Å²) < 4.78 is 0. The van der Waals surface area contributed by atoms with Crippen molar-refractivity contribution in [3.63, 3.8) is 0 Å². The van der Waals surface area contributed by atoms with Crippen molar-refractivity contribution in [2.24, 2.45) is 17.8 Å². The Labute approximate surface area is 110 Å². The van der Waals surface area contributed by atoms with E-state index >= 15 is 0 Å². The molecule has 0 saturated heterocycles. The average Bonchev–Trinajstić information content (AvgIpc) is 3.05. The van der Waals surface area contributed by atoms with E-state index < -0.39 is 0 Å². The van der Waals surface area contributed by atoms with Crippen LogP contribution in [-0.2, 0) is 0 Å². The molecule has 6 nitrogen and oxygen atoms in total. The molecule has 2 fully saturated rings. The summed E-state index contributed by atoms with van der Waals surface area (Å²) in [4.78, 5) is 0. The van der Waals surface area contributed by atoms with Gasteiger partial charge < -0.3 is 0 Å². The maximum absolute atomic E-state index is 3.10. The summed E-state index contributed by atoms with van der Waals surface area (Å²) in [7, 11) is 3.72. The van der Waals surface area contributed by atoms with E-state index in [4.69, 9.17) is 0 Å². The lowest BCUT2D eigenvalue weighted by atomic mass is 9.91. The predicted octanol–water partition coefficient (Wildman–Crippen LogP) is 0.287. The van der Waals surface area contributed by atoms with Crippen molar-refractivity contribution in [3.8, 4) is 0 Å². The average molecular weight is 256 g/mol. The van der Waals surface area contributed by atoms with Crippen molar-refractivity contribution >= 4 is 0 Å². The summed E-state index contributed by atoms with van der Waals surface area (Å²) in [6.45, 7) is 1.01. The van der Waals surface area contributed by atoms with E-state index in [1.54, 1.807) is 0 Å². The third-order valence-corrected chi connectivity index (χ3v) is 4.15. The number of nitrogens with one attached hydrogen (secondary N) is 5. The molecule has 6 heteroatoms. The number of nitrogens with zero attached hydrogens (tertiary/aromatic N) is 1. The fraction of sp³-hybridized carbons (Fsp3) is 1.00. The zero-order valence-corrected chi connectivity index (χ0v) is 11.6. The number of hydrogen-bond donors (Lipinski definition) is 5. The first-order valence-electron chi connectivity index (χ1n) is 7.20. The van der Waals surface area contributed by atoms with Gasteiger partial charge >= 0.3 is 0 Å². The molecule has 0 aromatic heterocycles. The molecule has 0 heterocycles. The van der Waals surface area contributed by atoms with E-state index in [-0.39, 0.29) is 0 Å². The van der Waals surface area contributed by atoms with E-state index in [9.17, 15) is 0 Å². The zero-order valence-electron chi connectivity index (χ0n) is 11.6. The third kappa shape index (κ3) is 4.46. The van der Waals surface area contributed by atoms with Crippen LogP contribution in [0.25, 0.3) is 0 Å². The fourth-order valence-corrected chi connectivity index (χ4v) is 3.14. The van der Waals surface area contributed by atoms with Crippen molar-refractivity contribution in [2.45, 2.75) is 38.5 Å². The molecule has 0 aliphatic heterocycles. The van der Waals surface area contributed by atoms with Gasteiger partial charge in [-0.1, -0.05) is 19.3 Å². The summed E-state index contributed by atoms with van der Waals surface area (Å²) in [5, 5.41) is 1.97. The van der Waals surface area contributed by atoms with Gasteiger partial charge in [0.1, 0.15) is 0 Å². The van der Waals surface area contributed by atoms with Gasteiger partial charge in [-0.3, -0.25) is 0 Å². The second kappa shape index (κ2) is 7.37. The number of hydrazine groups is 5. The minimum atomic E-state index is 0.785. The topological polar surface area (TPSA) is 63.4 Å². The Bertz CT molecular complexity index is 237. The molecule has 2 aliphatic carbocycles. The monoisotopic (exact) mass is 256 g/mol. The summed E-state index contributed by atoms with van der Waals surface area (Å²) in [5.41, 5.74) is 14.9. The van der Waals surface area contributed by atoms with Crippen LogP contribution >= 0.6 is 0 Å². The first-order valence-corrected chi connectivity index (χ1v) is 7.20. The van der Waals surface area contributed by atoms with Gasteiger partial charge in [-0.2, -0.15) is 21.7 Å². The highest BCUT2D eigenvalue weighted by molar-refractivity contribution is 4.89.